The van der Waals surface area contributed by atoms with E-state index in [1.165, 1.54) is 61.6 Å². The molecule has 0 amide bonds. The molecule has 3 aromatic rings. The maximum absolute atomic E-state index is 5.55. The van der Waals surface area contributed by atoms with Crippen LogP contribution in [0.4, 0.5) is 0 Å². The van der Waals surface area contributed by atoms with E-state index in [-0.39, 0.29) is 12.3 Å². The number of nitrogens with zero attached hydrogens (tertiary/aromatic N) is 3. The van der Waals surface area contributed by atoms with Gasteiger partial charge in [0, 0.05) is 46.0 Å². The molecule has 7 atom stereocenters. The van der Waals surface area contributed by atoms with Gasteiger partial charge in [-0.25, -0.2) is 4.99 Å². The molecule has 0 aromatic heterocycles. The van der Waals surface area contributed by atoms with Crippen LogP contribution < -0.4 is 10.6 Å². The Morgan fingerprint density at radius 1 is 0.672 bits per heavy atom. The van der Waals surface area contributed by atoms with Gasteiger partial charge in [0.25, 0.3) is 0 Å². The lowest BCUT2D eigenvalue weighted by atomic mass is 9.72. The van der Waals surface area contributed by atoms with Crippen molar-refractivity contribution >= 4 is 11.5 Å². The summed E-state index contributed by atoms with van der Waals surface area (Å²) in [5.41, 5.74) is 16.8. The number of aryl methyl sites for hydroxylation is 1. The molecule has 0 bridgehead atoms. The molecule has 5 heteroatoms. The van der Waals surface area contributed by atoms with E-state index in [0.717, 1.165) is 50.8 Å². The Bertz CT molecular complexity index is 2540. The highest BCUT2D eigenvalue weighted by Crippen LogP contribution is 2.56. The van der Waals surface area contributed by atoms with E-state index in [0.29, 0.717) is 29.8 Å². The number of benzene rings is 3. The highest BCUT2D eigenvalue weighted by atomic mass is 15.3. The van der Waals surface area contributed by atoms with Crippen LogP contribution in [0, 0.1) is 17.8 Å². The van der Waals surface area contributed by atoms with E-state index in [4.69, 9.17) is 4.99 Å². The molecule has 0 saturated carbocycles. The van der Waals surface area contributed by atoms with Gasteiger partial charge in [0.1, 0.15) is 18.2 Å². The van der Waals surface area contributed by atoms with Gasteiger partial charge in [-0.1, -0.05) is 152 Å². The van der Waals surface area contributed by atoms with Crippen molar-refractivity contribution in [1.29, 1.82) is 0 Å². The Labute approximate surface area is 342 Å². The smallest absolute Gasteiger partial charge is 0.129 e. The average Bonchev–Trinajstić information content (AvgIpc) is 3.80. The van der Waals surface area contributed by atoms with Crippen molar-refractivity contribution in [3.8, 4) is 0 Å². The average molecular weight is 756 g/mol. The van der Waals surface area contributed by atoms with Crippen LogP contribution in [-0.4, -0.2) is 27.7 Å². The van der Waals surface area contributed by atoms with Crippen LogP contribution in [0.2, 0.25) is 0 Å². The number of aliphatic imine (C=N–C) groups is 1. The molecule has 0 saturated heterocycles. The quantitative estimate of drug-likeness (QED) is 0.272. The Hall–Kier alpha value is -5.91. The monoisotopic (exact) mass is 755 g/mol. The number of hydrogen-bond donors (Lipinski definition) is 2. The van der Waals surface area contributed by atoms with Gasteiger partial charge in [0.2, 0.25) is 0 Å². The summed E-state index contributed by atoms with van der Waals surface area (Å²) in [6.45, 7) is 0. The van der Waals surface area contributed by atoms with Crippen LogP contribution >= 0.6 is 0 Å². The lowest BCUT2D eigenvalue weighted by molar-refractivity contribution is 0.189. The normalized spacial score (nSPS) is 30.2. The van der Waals surface area contributed by atoms with Crippen LogP contribution in [0.5, 0.6) is 0 Å². The van der Waals surface area contributed by atoms with Gasteiger partial charge in [-0.05, 0) is 84.4 Å². The Balaban J connectivity index is 0.996. The molecule has 3 aliphatic heterocycles. The van der Waals surface area contributed by atoms with Crippen LogP contribution in [0.25, 0.3) is 5.70 Å². The summed E-state index contributed by atoms with van der Waals surface area (Å²) in [5, 5.41) is 7.80. The van der Waals surface area contributed by atoms with Gasteiger partial charge in [0.05, 0.1) is 17.8 Å². The fraction of sp³-hybridized carbons (Fsp3) is 0.264. The van der Waals surface area contributed by atoms with Crippen molar-refractivity contribution in [2.24, 2.45) is 22.7 Å². The molecule has 9 aliphatic rings. The molecule has 286 valence electrons. The van der Waals surface area contributed by atoms with E-state index in [2.05, 4.69) is 178 Å². The summed E-state index contributed by atoms with van der Waals surface area (Å²) < 4.78 is 0. The standard InChI is InChI=1S/C53H49N5/c1-3-17-35(18-4-1)51-54-52(36-19-5-2-6-20-36)56-53(55-51)42-31-30-34-16-7-8-22-38(34)50(42)58-47-28-14-11-25-41(47)44-33-43-37(32-49(44)58)21-15-29-48(43)57-45-26-12-9-23-39(45)40-24-10-13-27-46(40)57/h1-12,15-26,29,32,39,43-45,48,51-52,54H,13-14,27-28,30-31,33H2,(H,55,56). The van der Waals surface area contributed by atoms with Crippen molar-refractivity contribution in [3.63, 3.8) is 0 Å². The first kappa shape index (κ1) is 34.2. The van der Waals surface area contributed by atoms with E-state index in [1.807, 2.05) is 0 Å². The number of fused-ring (bicyclic) bond motifs is 6. The first-order chi connectivity index (χ1) is 28.8. The first-order valence-corrected chi connectivity index (χ1v) is 21.6. The number of allylic oxidation sites excluding steroid dienone is 12. The molecule has 7 unspecified atom stereocenters. The summed E-state index contributed by atoms with van der Waals surface area (Å²) in [5.74, 6) is 2.20. The lowest BCUT2D eigenvalue weighted by Crippen LogP contribution is -2.46. The minimum Gasteiger partial charge on any atom is -0.360 e. The zero-order valence-electron chi connectivity index (χ0n) is 32.8. The molecular weight excluding hydrogens is 707 g/mol. The molecule has 58 heavy (non-hydrogen) atoms. The van der Waals surface area contributed by atoms with Crippen LogP contribution in [0.15, 0.2) is 202 Å². The molecule has 6 aliphatic carbocycles. The van der Waals surface area contributed by atoms with Gasteiger partial charge in [0.15, 0.2) is 0 Å². The second-order valence-electron chi connectivity index (χ2n) is 17.2. The molecule has 3 aromatic carbocycles. The second-order valence-corrected chi connectivity index (χ2v) is 17.2. The Morgan fingerprint density at radius 2 is 1.41 bits per heavy atom. The van der Waals surface area contributed by atoms with Gasteiger partial charge in [-0.2, -0.15) is 0 Å². The van der Waals surface area contributed by atoms with Crippen LogP contribution in [0.3, 0.4) is 0 Å². The molecular formula is C53H49N5. The van der Waals surface area contributed by atoms with Gasteiger partial charge < -0.3 is 15.1 Å². The fourth-order valence-electron chi connectivity index (χ4n) is 11.5. The molecule has 5 nitrogen and oxygen atoms in total. The minimum atomic E-state index is -0.173. The summed E-state index contributed by atoms with van der Waals surface area (Å²) in [6, 6.07) is 31.4. The van der Waals surface area contributed by atoms with Crippen LogP contribution in [-0.2, 0) is 6.42 Å². The number of nitrogens with one attached hydrogen (secondary N) is 2. The summed E-state index contributed by atoms with van der Waals surface area (Å²) in [7, 11) is 0. The predicted octanol–water partition coefficient (Wildman–Crippen LogP) is 10.7. The van der Waals surface area contributed by atoms with E-state index in [9.17, 15) is 0 Å². The number of rotatable bonds is 5. The van der Waals surface area contributed by atoms with Crippen molar-refractivity contribution in [1.82, 2.24) is 20.4 Å². The predicted molar refractivity (Wildman–Crippen MR) is 234 cm³/mol. The molecule has 3 heterocycles. The van der Waals surface area contributed by atoms with Crippen molar-refractivity contribution in [2.45, 2.75) is 69.4 Å². The maximum Gasteiger partial charge on any atom is 0.129 e. The van der Waals surface area contributed by atoms with Crippen molar-refractivity contribution < 1.29 is 0 Å². The lowest BCUT2D eigenvalue weighted by Gasteiger charge is -2.45. The summed E-state index contributed by atoms with van der Waals surface area (Å²) >= 11 is 0. The summed E-state index contributed by atoms with van der Waals surface area (Å²) in [6.07, 6.45) is 36.2. The second kappa shape index (κ2) is 13.9. The highest BCUT2D eigenvalue weighted by Gasteiger charge is 2.49. The van der Waals surface area contributed by atoms with Crippen LogP contribution in [0.1, 0.15) is 73.1 Å². The fourth-order valence-corrected chi connectivity index (χ4v) is 11.5. The molecule has 2 N–H and O–H groups in total. The molecule has 0 spiro atoms. The van der Waals surface area contributed by atoms with E-state index >= 15 is 0 Å². The third-order valence-electron chi connectivity index (χ3n) is 14.1. The molecule has 0 radical (unpaired) electrons. The SMILES string of the molecule is C1=CC2C3=C(CCC=C3)N(C3C=CC=C4C=C5C(CC43)C3=C(CCC=C3)N5C3=C(C4=NC(c5ccccc5)NC(c5ccccc5)N4)CCc4ccccc43)C2C=C1. The van der Waals surface area contributed by atoms with Crippen molar-refractivity contribution in [2.75, 3.05) is 0 Å². The summed E-state index contributed by atoms with van der Waals surface area (Å²) in [4.78, 5) is 11.1. The largest absolute Gasteiger partial charge is 0.360 e. The minimum absolute atomic E-state index is 0.0794. The third-order valence-corrected chi connectivity index (χ3v) is 14.1. The zero-order valence-corrected chi connectivity index (χ0v) is 32.8. The number of amidine groups is 1. The van der Waals surface area contributed by atoms with Gasteiger partial charge in [-0.15, -0.1) is 0 Å². The van der Waals surface area contributed by atoms with E-state index in [1.54, 1.807) is 5.70 Å². The highest BCUT2D eigenvalue weighted by molar-refractivity contribution is 6.06. The topological polar surface area (TPSA) is 42.9 Å². The molecule has 12 rings (SSSR count). The Kier molecular flexibility index (Phi) is 8.18. The maximum atomic E-state index is 5.55. The van der Waals surface area contributed by atoms with Gasteiger partial charge >= 0.3 is 0 Å². The third kappa shape index (κ3) is 5.43. The Morgan fingerprint density at radius 3 is 2.28 bits per heavy atom. The van der Waals surface area contributed by atoms with Gasteiger partial charge in [-0.3, -0.25) is 5.32 Å². The first-order valence-electron chi connectivity index (χ1n) is 21.6. The van der Waals surface area contributed by atoms with Crippen molar-refractivity contribution in [3.05, 3.63) is 219 Å². The van der Waals surface area contributed by atoms with E-state index < -0.39 is 0 Å². The number of hydrogen-bond acceptors (Lipinski definition) is 5. The molecule has 0 fully saturated rings. The zero-order chi connectivity index (χ0) is 38.2.